The summed E-state index contributed by atoms with van der Waals surface area (Å²) < 4.78 is 4.01. The van der Waals surface area contributed by atoms with Gasteiger partial charge < -0.3 is 4.57 Å². The average molecular weight is 334 g/mol. The smallest absolute Gasteiger partial charge is 0.277 e. The van der Waals surface area contributed by atoms with Crippen LogP contribution in [0.5, 0.6) is 0 Å². The predicted octanol–water partition coefficient (Wildman–Crippen LogP) is 2.32. The minimum absolute atomic E-state index is 0.254. The number of hydrogen-bond acceptors (Lipinski definition) is 3. The molecule has 6 nitrogen and oxygen atoms in total. The molecule has 0 fully saturated rings. The molecule has 0 bridgehead atoms. The number of imidazole rings is 1. The van der Waals surface area contributed by atoms with Crippen molar-refractivity contribution in [1.29, 1.82) is 0 Å². The van der Waals surface area contributed by atoms with E-state index in [1.165, 1.54) is 4.68 Å². The predicted molar refractivity (Wildman–Crippen MR) is 79.6 cm³/mol. The molecule has 3 aromatic rings. The minimum Gasteiger partial charge on any atom is -0.313 e. The van der Waals surface area contributed by atoms with Crippen LogP contribution in [0.2, 0.25) is 0 Å². The molecular weight excluding hydrogens is 322 g/mol. The topological polar surface area (TPSA) is 64.7 Å². The Morgan fingerprint density at radius 2 is 2.05 bits per heavy atom. The summed E-state index contributed by atoms with van der Waals surface area (Å²) in [5.74, 6) is 0.250. The van der Waals surface area contributed by atoms with Gasteiger partial charge in [-0.2, -0.15) is 5.10 Å². The number of para-hydroxylation sites is 2. The van der Waals surface area contributed by atoms with E-state index in [2.05, 4.69) is 31.3 Å². The molecule has 0 saturated carbocycles. The molecule has 0 saturated heterocycles. The molecule has 1 aromatic carbocycles. The van der Waals surface area contributed by atoms with Crippen molar-refractivity contribution in [3.05, 3.63) is 40.6 Å². The molecule has 1 N–H and O–H groups in total. The Bertz CT molecular complexity index is 785. The average Bonchev–Trinajstić information content (AvgIpc) is 2.92. The summed E-state index contributed by atoms with van der Waals surface area (Å²) in [6.45, 7) is 0. The van der Waals surface area contributed by atoms with Crippen molar-refractivity contribution in [3.63, 3.8) is 0 Å². The molecule has 0 radical (unpaired) electrons. The molecule has 7 heteroatoms. The van der Waals surface area contributed by atoms with E-state index in [1.807, 2.05) is 35.9 Å². The van der Waals surface area contributed by atoms with Gasteiger partial charge in [0.25, 0.3) is 5.91 Å². The van der Waals surface area contributed by atoms with E-state index in [0.717, 1.165) is 11.0 Å². The van der Waals surface area contributed by atoms with E-state index in [-0.39, 0.29) is 5.91 Å². The molecule has 0 spiro atoms. The highest BCUT2D eigenvalue weighted by Crippen LogP contribution is 2.20. The Hall–Kier alpha value is -2.15. The number of rotatable bonds is 2. The van der Waals surface area contributed by atoms with Crippen molar-refractivity contribution in [3.8, 4) is 0 Å². The van der Waals surface area contributed by atoms with Crippen molar-refractivity contribution in [2.24, 2.45) is 14.1 Å². The monoisotopic (exact) mass is 333 g/mol. The lowest BCUT2D eigenvalue weighted by atomic mass is 10.3. The van der Waals surface area contributed by atoms with Crippen LogP contribution in [0.3, 0.4) is 0 Å². The zero-order chi connectivity index (χ0) is 14.3. The molecule has 0 aliphatic heterocycles. The first kappa shape index (κ1) is 12.9. The highest BCUT2D eigenvalue weighted by Gasteiger charge is 2.17. The van der Waals surface area contributed by atoms with Gasteiger partial charge in [0, 0.05) is 14.1 Å². The number of aryl methyl sites for hydroxylation is 2. The maximum Gasteiger partial charge on any atom is 0.277 e. The van der Waals surface area contributed by atoms with Crippen molar-refractivity contribution in [2.75, 3.05) is 5.32 Å². The summed E-state index contributed by atoms with van der Waals surface area (Å²) in [5, 5.41) is 6.83. The van der Waals surface area contributed by atoms with Crippen LogP contribution in [-0.2, 0) is 14.1 Å². The number of fused-ring (bicyclic) bond motifs is 1. The lowest BCUT2D eigenvalue weighted by Gasteiger charge is -2.05. The fourth-order valence-electron chi connectivity index (χ4n) is 2.08. The number of halogens is 1. The molecule has 2 heterocycles. The molecule has 3 rings (SSSR count). The largest absolute Gasteiger partial charge is 0.313 e. The number of benzene rings is 1. The Balaban J connectivity index is 1.97. The zero-order valence-corrected chi connectivity index (χ0v) is 12.5. The van der Waals surface area contributed by atoms with E-state index in [1.54, 1.807) is 13.2 Å². The van der Waals surface area contributed by atoms with Gasteiger partial charge in [-0.1, -0.05) is 12.1 Å². The second kappa shape index (κ2) is 4.75. The van der Waals surface area contributed by atoms with Gasteiger partial charge in [-0.05, 0) is 28.1 Å². The molecule has 0 aliphatic rings. The van der Waals surface area contributed by atoms with Crippen LogP contribution in [0.15, 0.2) is 34.9 Å². The van der Waals surface area contributed by atoms with Crippen LogP contribution in [0.1, 0.15) is 10.5 Å². The maximum absolute atomic E-state index is 12.3. The summed E-state index contributed by atoms with van der Waals surface area (Å²) in [4.78, 5) is 16.7. The summed E-state index contributed by atoms with van der Waals surface area (Å²) >= 11 is 3.31. The third-order valence-corrected chi connectivity index (χ3v) is 3.70. The number of nitrogens with zero attached hydrogens (tertiary/aromatic N) is 4. The van der Waals surface area contributed by atoms with Crippen LogP contribution in [0.4, 0.5) is 5.95 Å². The first-order valence-corrected chi connectivity index (χ1v) is 6.77. The second-order valence-electron chi connectivity index (χ2n) is 4.40. The van der Waals surface area contributed by atoms with Gasteiger partial charge in [0.15, 0.2) is 0 Å². The number of nitrogens with one attached hydrogen (secondary N) is 1. The van der Waals surface area contributed by atoms with Gasteiger partial charge in [-0.15, -0.1) is 0 Å². The van der Waals surface area contributed by atoms with E-state index in [9.17, 15) is 4.79 Å². The Kier molecular flexibility index (Phi) is 3.06. The van der Waals surface area contributed by atoms with Gasteiger partial charge in [0.05, 0.1) is 21.7 Å². The summed E-state index contributed by atoms with van der Waals surface area (Å²) in [6.07, 6.45) is 1.59. The Morgan fingerprint density at radius 3 is 2.70 bits per heavy atom. The van der Waals surface area contributed by atoms with Crippen LogP contribution >= 0.6 is 15.9 Å². The fraction of sp³-hybridized carbons (Fsp3) is 0.154. The SMILES string of the molecule is Cn1ncc(Br)c1C(=O)Nc1nc2ccccc2n1C. The van der Waals surface area contributed by atoms with Gasteiger partial charge >= 0.3 is 0 Å². The molecule has 20 heavy (non-hydrogen) atoms. The molecule has 102 valence electrons. The molecule has 0 aliphatic carbocycles. The number of aromatic nitrogens is 4. The standard InChI is InChI=1S/C13H12BrN5O/c1-18-10-6-4-3-5-9(10)16-13(18)17-12(20)11-8(14)7-15-19(11)2/h3-7H,1-2H3,(H,16,17,20). The molecular formula is C13H12BrN5O. The van der Waals surface area contributed by atoms with Crippen LogP contribution in [-0.4, -0.2) is 25.2 Å². The summed E-state index contributed by atoms with van der Waals surface area (Å²) in [7, 11) is 3.58. The number of amides is 1. The highest BCUT2D eigenvalue weighted by molar-refractivity contribution is 9.10. The molecule has 0 atom stereocenters. The highest BCUT2D eigenvalue weighted by atomic mass is 79.9. The third-order valence-electron chi connectivity index (χ3n) is 3.12. The van der Waals surface area contributed by atoms with Crippen LogP contribution < -0.4 is 5.32 Å². The van der Waals surface area contributed by atoms with Crippen LogP contribution in [0, 0.1) is 0 Å². The molecule has 0 unspecified atom stereocenters. The van der Waals surface area contributed by atoms with E-state index in [4.69, 9.17) is 0 Å². The number of anilines is 1. The summed E-state index contributed by atoms with van der Waals surface area (Å²) in [5.41, 5.74) is 2.26. The fourth-order valence-corrected chi connectivity index (χ4v) is 2.61. The van der Waals surface area contributed by atoms with Gasteiger partial charge in [-0.3, -0.25) is 14.8 Å². The lowest BCUT2D eigenvalue weighted by Crippen LogP contribution is -2.18. The number of carbonyl (C=O) groups excluding carboxylic acids is 1. The van der Waals surface area contributed by atoms with Gasteiger partial charge in [0.1, 0.15) is 5.69 Å². The van der Waals surface area contributed by atoms with E-state index in [0.29, 0.717) is 16.1 Å². The normalized spacial score (nSPS) is 10.9. The Labute approximate surface area is 123 Å². The quantitative estimate of drug-likeness (QED) is 0.782. The maximum atomic E-state index is 12.3. The summed E-state index contributed by atoms with van der Waals surface area (Å²) in [6, 6.07) is 7.72. The van der Waals surface area contributed by atoms with E-state index < -0.39 is 0 Å². The molecule has 1 amide bonds. The molecule has 2 aromatic heterocycles. The van der Waals surface area contributed by atoms with Crippen LogP contribution in [0.25, 0.3) is 11.0 Å². The lowest BCUT2D eigenvalue weighted by molar-refractivity contribution is 0.101. The first-order valence-electron chi connectivity index (χ1n) is 5.98. The van der Waals surface area contributed by atoms with Crippen molar-refractivity contribution in [2.45, 2.75) is 0 Å². The van der Waals surface area contributed by atoms with Crippen molar-refractivity contribution in [1.82, 2.24) is 19.3 Å². The second-order valence-corrected chi connectivity index (χ2v) is 5.26. The minimum atomic E-state index is -0.254. The zero-order valence-electron chi connectivity index (χ0n) is 11.0. The number of carbonyl (C=O) groups is 1. The van der Waals surface area contributed by atoms with E-state index >= 15 is 0 Å². The number of hydrogen-bond donors (Lipinski definition) is 1. The van der Waals surface area contributed by atoms with Crippen molar-refractivity contribution >= 4 is 38.8 Å². The van der Waals surface area contributed by atoms with Gasteiger partial charge in [-0.25, -0.2) is 4.98 Å². The van der Waals surface area contributed by atoms with Crippen molar-refractivity contribution < 1.29 is 4.79 Å². The Morgan fingerprint density at radius 1 is 1.30 bits per heavy atom. The third kappa shape index (κ3) is 2.00. The van der Waals surface area contributed by atoms with Gasteiger partial charge in [0.2, 0.25) is 5.95 Å². The first-order chi connectivity index (χ1) is 9.58.